The van der Waals surface area contributed by atoms with Crippen LogP contribution in [0.5, 0.6) is 0 Å². The molecule has 6 nitrogen and oxygen atoms in total. The third-order valence-electron chi connectivity index (χ3n) is 6.41. The van der Waals surface area contributed by atoms with Gasteiger partial charge in [0.15, 0.2) is 0 Å². The summed E-state index contributed by atoms with van der Waals surface area (Å²) in [5.74, 6) is -3.54. The van der Waals surface area contributed by atoms with E-state index < -0.39 is 23.7 Å². The number of benzene rings is 1. The lowest BCUT2D eigenvalue weighted by atomic mass is 9.82. The quantitative estimate of drug-likeness (QED) is 0.632. The van der Waals surface area contributed by atoms with Crippen LogP contribution in [0.2, 0.25) is 0 Å². The molecule has 0 saturated heterocycles. The van der Waals surface area contributed by atoms with Crippen molar-refractivity contribution in [3.8, 4) is 11.1 Å². The Bertz CT molecular complexity index is 1100. The third-order valence-corrected chi connectivity index (χ3v) is 7.43. The van der Waals surface area contributed by atoms with Crippen molar-refractivity contribution in [3.05, 3.63) is 51.9 Å². The van der Waals surface area contributed by atoms with Crippen LogP contribution in [-0.4, -0.2) is 22.9 Å². The predicted octanol–water partition coefficient (Wildman–Crippen LogP) is 3.90. The van der Waals surface area contributed by atoms with Gasteiger partial charge in [0.05, 0.1) is 17.4 Å². The summed E-state index contributed by atoms with van der Waals surface area (Å²) < 4.78 is 0. The number of nitrogens with two attached hydrogens (primary N) is 1. The molecule has 4 atom stereocenters. The van der Waals surface area contributed by atoms with Gasteiger partial charge in [-0.1, -0.05) is 30.4 Å². The molecule has 156 valence electrons. The van der Waals surface area contributed by atoms with Gasteiger partial charge in [0.1, 0.15) is 5.00 Å². The Morgan fingerprint density at radius 1 is 1.07 bits per heavy atom. The van der Waals surface area contributed by atoms with E-state index in [9.17, 15) is 19.5 Å². The Kier molecular flexibility index (Phi) is 5.02. The van der Waals surface area contributed by atoms with Crippen LogP contribution >= 0.6 is 11.3 Å². The number of aryl methyl sites for hydroxylation is 3. The van der Waals surface area contributed by atoms with Gasteiger partial charge >= 0.3 is 5.97 Å². The first-order valence-corrected chi connectivity index (χ1v) is 10.7. The SMILES string of the molecule is Cc1ccc(-c2c(C)sc(NC(=O)[C@H]3[C@@H](C(=O)O)[C@H]4C=C[C@H]3C4)c2C(N)=O)cc1C. The van der Waals surface area contributed by atoms with Crippen LogP contribution in [0.4, 0.5) is 5.00 Å². The fourth-order valence-corrected chi connectivity index (χ4v) is 5.91. The van der Waals surface area contributed by atoms with E-state index in [1.807, 2.05) is 51.1 Å². The van der Waals surface area contributed by atoms with E-state index in [0.29, 0.717) is 17.0 Å². The van der Waals surface area contributed by atoms with Gasteiger partial charge in [-0.3, -0.25) is 14.4 Å². The van der Waals surface area contributed by atoms with Crippen molar-refractivity contribution < 1.29 is 19.5 Å². The molecule has 2 aliphatic rings. The molecule has 1 aromatic heterocycles. The fraction of sp³-hybridized carbons (Fsp3) is 0.348. The van der Waals surface area contributed by atoms with Gasteiger partial charge in [-0.05, 0) is 55.7 Å². The van der Waals surface area contributed by atoms with E-state index in [1.54, 1.807) is 0 Å². The molecule has 0 unspecified atom stereocenters. The van der Waals surface area contributed by atoms with Crippen molar-refractivity contribution in [2.75, 3.05) is 5.32 Å². The molecular weight excluding hydrogens is 400 g/mol. The number of carboxylic acids is 1. The van der Waals surface area contributed by atoms with Crippen LogP contribution in [0.15, 0.2) is 30.4 Å². The second kappa shape index (κ2) is 7.40. The molecular formula is C23H24N2O4S. The number of primary amides is 1. The van der Waals surface area contributed by atoms with Crippen LogP contribution < -0.4 is 11.1 Å². The van der Waals surface area contributed by atoms with E-state index in [4.69, 9.17) is 5.73 Å². The molecule has 0 spiro atoms. The Balaban J connectivity index is 1.71. The first-order chi connectivity index (χ1) is 14.2. The van der Waals surface area contributed by atoms with E-state index >= 15 is 0 Å². The number of allylic oxidation sites excluding steroid dienone is 2. The first kappa shape index (κ1) is 20.3. The molecule has 2 aromatic rings. The number of thiophene rings is 1. The van der Waals surface area contributed by atoms with Gasteiger partial charge in [0.25, 0.3) is 5.91 Å². The largest absolute Gasteiger partial charge is 0.481 e. The summed E-state index contributed by atoms with van der Waals surface area (Å²) in [5.41, 5.74) is 9.81. The molecule has 1 saturated carbocycles. The predicted molar refractivity (Wildman–Crippen MR) is 116 cm³/mol. The number of hydrogen-bond acceptors (Lipinski definition) is 4. The van der Waals surface area contributed by atoms with Crippen LogP contribution in [0.3, 0.4) is 0 Å². The van der Waals surface area contributed by atoms with Crippen molar-refractivity contribution in [2.24, 2.45) is 29.4 Å². The number of fused-ring (bicyclic) bond motifs is 2. The average Bonchev–Trinajstić information content (AvgIpc) is 3.36. The highest BCUT2D eigenvalue weighted by Crippen LogP contribution is 2.49. The smallest absolute Gasteiger partial charge is 0.307 e. The van der Waals surface area contributed by atoms with Crippen molar-refractivity contribution in [2.45, 2.75) is 27.2 Å². The summed E-state index contributed by atoms with van der Waals surface area (Å²) >= 11 is 1.29. The zero-order valence-corrected chi connectivity index (χ0v) is 17.9. The van der Waals surface area contributed by atoms with Crippen molar-refractivity contribution >= 4 is 34.1 Å². The number of rotatable bonds is 5. The lowest BCUT2D eigenvalue weighted by Gasteiger charge is -2.23. The fourth-order valence-electron chi connectivity index (χ4n) is 4.82. The van der Waals surface area contributed by atoms with Crippen molar-refractivity contribution in [1.29, 1.82) is 0 Å². The number of nitrogens with one attached hydrogen (secondary N) is 1. The molecule has 0 radical (unpaired) electrons. The Hall–Kier alpha value is -2.93. The maximum absolute atomic E-state index is 13.1. The number of carbonyl (C=O) groups excluding carboxylic acids is 2. The maximum atomic E-state index is 13.1. The number of carboxylic acid groups (broad SMARTS) is 1. The molecule has 2 aliphatic carbocycles. The third kappa shape index (κ3) is 3.23. The molecule has 0 aliphatic heterocycles. The highest BCUT2D eigenvalue weighted by atomic mass is 32.1. The molecule has 1 aromatic carbocycles. The molecule has 7 heteroatoms. The number of carbonyl (C=O) groups is 3. The summed E-state index contributed by atoms with van der Waals surface area (Å²) in [6.07, 6.45) is 4.51. The van der Waals surface area contributed by atoms with Crippen molar-refractivity contribution in [1.82, 2.24) is 0 Å². The van der Waals surface area contributed by atoms with Crippen LogP contribution in [0, 0.1) is 44.4 Å². The molecule has 1 fully saturated rings. The summed E-state index contributed by atoms with van der Waals surface area (Å²) in [4.78, 5) is 38.1. The summed E-state index contributed by atoms with van der Waals surface area (Å²) in [6.45, 7) is 5.91. The van der Waals surface area contributed by atoms with Gasteiger partial charge in [-0.2, -0.15) is 0 Å². The number of aliphatic carboxylic acids is 1. The maximum Gasteiger partial charge on any atom is 0.307 e. The van der Waals surface area contributed by atoms with Gasteiger partial charge in [-0.25, -0.2) is 0 Å². The van der Waals surface area contributed by atoms with E-state index in [-0.39, 0.29) is 23.3 Å². The standard InChI is InChI=1S/C23H24N2O4S/c1-10-4-5-13(8-11(10)2)16-12(3)30-22(19(16)20(24)26)25-21(27)17-14-6-7-15(9-14)18(17)23(28)29/h4-8,14-15,17-18H,9H2,1-3H3,(H2,24,26)(H,25,27)(H,28,29)/t14-,15-,17+,18-/m0/s1. The average molecular weight is 425 g/mol. The molecule has 1 heterocycles. The van der Waals surface area contributed by atoms with Gasteiger partial charge in [0.2, 0.25) is 5.91 Å². The minimum absolute atomic E-state index is 0.0894. The molecule has 4 rings (SSSR count). The Labute approximate surface area is 178 Å². The van der Waals surface area contributed by atoms with Gasteiger partial charge in [0, 0.05) is 10.4 Å². The zero-order chi connectivity index (χ0) is 21.7. The lowest BCUT2D eigenvalue weighted by Crippen LogP contribution is -2.36. The highest BCUT2D eigenvalue weighted by Gasteiger charge is 2.51. The van der Waals surface area contributed by atoms with Crippen molar-refractivity contribution in [3.63, 3.8) is 0 Å². The molecule has 30 heavy (non-hydrogen) atoms. The summed E-state index contributed by atoms with van der Waals surface area (Å²) in [5, 5.41) is 12.8. The monoisotopic (exact) mass is 424 g/mol. The van der Waals surface area contributed by atoms with Gasteiger partial charge < -0.3 is 16.2 Å². The second-order valence-electron chi connectivity index (χ2n) is 8.23. The molecule has 4 N–H and O–H groups in total. The highest BCUT2D eigenvalue weighted by molar-refractivity contribution is 7.17. The van der Waals surface area contributed by atoms with Crippen LogP contribution in [0.25, 0.3) is 11.1 Å². The molecule has 2 bridgehead atoms. The van der Waals surface area contributed by atoms with E-state index in [0.717, 1.165) is 21.6 Å². The van der Waals surface area contributed by atoms with Crippen LogP contribution in [0.1, 0.15) is 32.8 Å². The first-order valence-electron chi connectivity index (χ1n) is 9.91. The Morgan fingerprint density at radius 3 is 2.33 bits per heavy atom. The minimum Gasteiger partial charge on any atom is -0.481 e. The summed E-state index contributed by atoms with van der Waals surface area (Å²) in [7, 11) is 0. The van der Waals surface area contributed by atoms with E-state index in [2.05, 4.69) is 5.32 Å². The normalized spacial score (nSPS) is 24.2. The summed E-state index contributed by atoms with van der Waals surface area (Å²) in [6, 6.07) is 5.93. The van der Waals surface area contributed by atoms with Gasteiger partial charge in [-0.15, -0.1) is 11.3 Å². The Morgan fingerprint density at radius 2 is 1.73 bits per heavy atom. The minimum atomic E-state index is -0.958. The number of anilines is 1. The lowest BCUT2D eigenvalue weighted by molar-refractivity contribution is -0.146. The van der Waals surface area contributed by atoms with Crippen LogP contribution in [-0.2, 0) is 9.59 Å². The second-order valence-corrected chi connectivity index (χ2v) is 9.45. The number of hydrogen-bond donors (Lipinski definition) is 3. The van der Waals surface area contributed by atoms with E-state index in [1.165, 1.54) is 11.3 Å². The topological polar surface area (TPSA) is 109 Å². The molecule has 2 amide bonds. The number of amides is 2. The zero-order valence-electron chi connectivity index (χ0n) is 17.1.